The number of hydrogen-bond acceptors (Lipinski definition) is 7. The van der Waals surface area contributed by atoms with Gasteiger partial charge >= 0.3 is 0 Å². The zero-order valence-corrected chi connectivity index (χ0v) is 17.1. The highest BCUT2D eigenvalue weighted by atomic mass is 16.6. The molecule has 0 radical (unpaired) electrons. The molecule has 1 saturated heterocycles. The molecule has 2 aromatic carbocycles. The van der Waals surface area contributed by atoms with Crippen molar-refractivity contribution >= 4 is 16.7 Å². The van der Waals surface area contributed by atoms with Crippen LogP contribution >= 0.6 is 0 Å². The van der Waals surface area contributed by atoms with Gasteiger partial charge in [0.15, 0.2) is 11.5 Å². The van der Waals surface area contributed by atoms with Crippen LogP contribution in [0.3, 0.4) is 0 Å². The van der Waals surface area contributed by atoms with Crippen molar-refractivity contribution < 1.29 is 18.9 Å². The molecular weight excluding hydrogens is 394 g/mol. The summed E-state index contributed by atoms with van der Waals surface area (Å²) >= 11 is 0. The number of fused-ring (bicyclic) bond motifs is 3. The van der Waals surface area contributed by atoms with Crippen molar-refractivity contribution in [3.63, 3.8) is 0 Å². The maximum atomic E-state index is 6.06. The summed E-state index contributed by atoms with van der Waals surface area (Å²) in [4.78, 5) is 8.90. The molecule has 31 heavy (non-hydrogen) atoms. The molecule has 158 valence electrons. The second kappa shape index (κ2) is 8.70. The first-order valence-corrected chi connectivity index (χ1v) is 10.4. The summed E-state index contributed by atoms with van der Waals surface area (Å²) in [7, 11) is 0. The van der Waals surface area contributed by atoms with Gasteiger partial charge in [-0.15, -0.1) is 6.42 Å². The Balaban J connectivity index is 1.46. The predicted molar refractivity (Wildman–Crippen MR) is 117 cm³/mol. The summed E-state index contributed by atoms with van der Waals surface area (Å²) < 4.78 is 23.7. The number of ether oxygens (including phenoxy) is 4. The van der Waals surface area contributed by atoms with E-state index in [1.807, 2.05) is 30.3 Å². The summed E-state index contributed by atoms with van der Waals surface area (Å²) in [5.41, 5.74) is 2.63. The molecule has 1 fully saturated rings. The highest BCUT2D eigenvalue weighted by molar-refractivity contribution is 5.98. The van der Waals surface area contributed by atoms with E-state index in [-0.39, 0.29) is 6.10 Å². The number of nitrogens with one attached hydrogen (secondary N) is 1. The van der Waals surface area contributed by atoms with Crippen LogP contribution in [0.2, 0.25) is 0 Å². The van der Waals surface area contributed by atoms with Crippen molar-refractivity contribution in [3.05, 3.63) is 47.8 Å². The predicted octanol–water partition coefficient (Wildman–Crippen LogP) is 3.55. The molecule has 0 spiro atoms. The molecule has 1 atom stereocenters. The average Bonchev–Trinajstić information content (AvgIpc) is 3.35. The Kier molecular flexibility index (Phi) is 5.46. The summed E-state index contributed by atoms with van der Waals surface area (Å²) in [5.74, 6) is 5.14. The van der Waals surface area contributed by atoms with E-state index in [0.717, 1.165) is 41.5 Å². The number of rotatable bonds is 6. The smallest absolute Gasteiger partial charge is 0.204 e. The van der Waals surface area contributed by atoms with Crippen molar-refractivity contribution in [2.24, 2.45) is 0 Å². The molecule has 5 rings (SSSR count). The van der Waals surface area contributed by atoms with Gasteiger partial charge in [0.1, 0.15) is 32.0 Å². The van der Waals surface area contributed by atoms with Crippen LogP contribution < -0.4 is 19.5 Å². The lowest BCUT2D eigenvalue weighted by Gasteiger charge is -2.24. The van der Waals surface area contributed by atoms with Gasteiger partial charge in [0.25, 0.3) is 0 Å². The zero-order chi connectivity index (χ0) is 21.0. The maximum Gasteiger partial charge on any atom is 0.204 e. The fourth-order valence-electron chi connectivity index (χ4n) is 3.87. The normalized spacial score (nSPS) is 17.3. The van der Waals surface area contributed by atoms with Gasteiger partial charge in [0.05, 0.1) is 17.0 Å². The number of nitrogens with zero attached hydrogens (tertiary/aromatic N) is 2. The van der Waals surface area contributed by atoms with Crippen molar-refractivity contribution in [3.8, 4) is 29.6 Å². The lowest BCUT2D eigenvalue weighted by atomic mass is 10.1. The van der Waals surface area contributed by atoms with E-state index < -0.39 is 0 Å². The van der Waals surface area contributed by atoms with Crippen molar-refractivity contribution in [2.75, 3.05) is 31.7 Å². The van der Waals surface area contributed by atoms with Crippen LogP contribution in [0, 0.1) is 12.3 Å². The number of benzene rings is 2. The molecule has 0 bridgehead atoms. The Labute approximate surface area is 180 Å². The minimum atomic E-state index is 0.109. The third-order valence-electron chi connectivity index (χ3n) is 5.38. The molecule has 7 heteroatoms. The van der Waals surface area contributed by atoms with Crippen LogP contribution in [0.25, 0.3) is 10.9 Å². The molecule has 2 aliphatic rings. The first-order chi connectivity index (χ1) is 15.3. The highest BCUT2D eigenvalue weighted by Gasteiger charge is 2.25. The molecule has 0 aliphatic carbocycles. The van der Waals surface area contributed by atoms with Crippen LogP contribution in [0.5, 0.6) is 17.2 Å². The second-order valence-corrected chi connectivity index (χ2v) is 7.49. The topological polar surface area (TPSA) is 74.7 Å². The molecular formula is C24H23N3O4. The summed E-state index contributed by atoms with van der Waals surface area (Å²) in [6.07, 6.45) is 9.22. The number of hydrogen-bond donors (Lipinski definition) is 1. The van der Waals surface area contributed by atoms with E-state index in [9.17, 15) is 0 Å². The SMILES string of the molecule is C#Cc1cccc(CNc2ncnc3cc(OCC4CCCO4)c4c(c23)OCCO4)c1. The first-order valence-electron chi connectivity index (χ1n) is 10.4. The molecule has 0 amide bonds. The van der Waals surface area contributed by atoms with Gasteiger partial charge in [0, 0.05) is 24.8 Å². The van der Waals surface area contributed by atoms with Crippen molar-refractivity contribution in [1.29, 1.82) is 0 Å². The minimum Gasteiger partial charge on any atom is -0.487 e. The van der Waals surface area contributed by atoms with E-state index in [4.69, 9.17) is 25.4 Å². The van der Waals surface area contributed by atoms with E-state index in [0.29, 0.717) is 49.4 Å². The lowest BCUT2D eigenvalue weighted by Crippen LogP contribution is -2.20. The van der Waals surface area contributed by atoms with Crippen molar-refractivity contribution in [1.82, 2.24) is 9.97 Å². The number of aromatic nitrogens is 2. The Morgan fingerprint density at radius 3 is 2.87 bits per heavy atom. The van der Waals surface area contributed by atoms with Gasteiger partial charge in [-0.05, 0) is 30.5 Å². The Hall–Kier alpha value is -3.50. The summed E-state index contributed by atoms with van der Waals surface area (Å²) in [5, 5.41) is 4.16. The molecule has 0 saturated carbocycles. The van der Waals surface area contributed by atoms with Crippen molar-refractivity contribution in [2.45, 2.75) is 25.5 Å². The number of anilines is 1. The van der Waals surface area contributed by atoms with Gasteiger partial charge in [-0.2, -0.15) is 0 Å². The molecule has 2 aliphatic heterocycles. The van der Waals surface area contributed by atoms with Gasteiger partial charge in [-0.1, -0.05) is 18.1 Å². The van der Waals surface area contributed by atoms with Crippen LogP contribution in [0.4, 0.5) is 5.82 Å². The third-order valence-corrected chi connectivity index (χ3v) is 5.38. The molecule has 1 unspecified atom stereocenters. The largest absolute Gasteiger partial charge is 0.487 e. The standard InChI is InChI=1S/C24H23N3O4/c1-2-16-5-3-6-17(11-16)13-25-24-21-19(26-15-27-24)12-20(22-23(21)30-10-9-29-22)31-14-18-7-4-8-28-18/h1,3,5-6,11-12,15,18H,4,7-10,13-14H2,(H,25,26,27). The Morgan fingerprint density at radius 1 is 1.13 bits per heavy atom. The third kappa shape index (κ3) is 4.07. The van der Waals surface area contributed by atoms with Gasteiger partial charge in [0.2, 0.25) is 5.75 Å². The lowest BCUT2D eigenvalue weighted by molar-refractivity contribution is 0.0653. The summed E-state index contributed by atoms with van der Waals surface area (Å²) in [6, 6.07) is 9.72. The quantitative estimate of drug-likeness (QED) is 0.615. The monoisotopic (exact) mass is 417 g/mol. The van der Waals surface area contributed by atoms with Gasteiger partial charge in [-0.3, -0.25) is 0 Å². The second-order valence-electron chi connectivity index (χ2n) is 7.49. The number of terminal acetylenes is 1. The minimum absolute atomic E-state index is 0.109. The first kappa shape index (κ1) is 19.5. The van der Waals surface area contributed by atoms with E-state index >= 15 is 0 Å². The zero-order valence-electron chi connectivity index (χ0n) is 17.1. The average molecular weight is 417 g/mol. The van der Waals surface area contributed by atoms with Crippen LogP contribution in [0.1, 0.15) is 24.0 Å². The van der Waals surface area contributed by atoms with Gasteiger partial charge in [-0.25, -0.2) is 9.97 Å². The fraction of sp³-hybridized carbons (Fsp3) is 0.333. The maximum absolute atomic E-state index is 6.06. The van der Waals surface area contributed by atoms with Crippen LogP contribution in [-0.4, -0.2) is 42.5 Å². The molecule has 1 N–H and O–H groups in total. The summed E-state index contributed by atoms with van der Waals surface area (Å²) in [6.45, 7) is 2.74. The van der Waals surface area contributed by atoms with E-state index in [1.165, 1.54) is 6.33 Å². The highest BCUT2D eigenvalue weighted by Crippen LogP contribution is 2.46. The molecule has 3 heterocycles. The van der Waals surface area contributed by atoms with E-state index in [2.05, 4.69) is 21.2 Å². The van der Waals surface area contributed by atoms with Crippen LogP contribution in [-0.2, 0) is 11.3 Å². The fourth-order valence-corrected chi connectivity index (χ4v) is 3.87. The van der Waals surface area contributed by atoms with E-state index in [1.54, 1.807) is 0 Å². The van der Waals surface area contributed by atoms with Crippen LogP contribution in [0.15, 0.2) is 36.7 Å². The Morgan fingerprint density at radius 2 is 2.03 bits per heavy atom. The molecule has 7 nitrogen and oxygen atoms in total. The molecule has 3 aromatic rings. The van der Waals surface area contributed by atoms with Gasteiger partial charge < -0.3 is 24.3 Å². The molecule has 1 aromatic heterocycles. The Bertz CT molecular complexity index is 1140.